The van der Waals surface area contributed by atoms with Crippen LogP contribution in [0, 0.1) is 5.92 Å². The quantitative estimate of drug-likeness (QED) is 0.811. The maximum Gasteiger partial charge on any atom is 0.255 e. The summed E-state index contributed by atoms with van der Waals surface area (Å²) in [6.45, 7) is 1.67. The molecule has 1 aromatic carbocycles. The van der Waals surface area contributed by atoms with Crippen molar-refractivity contribution in [2.45, 2.75) is 31.8 Å². The summed E-state index contributed by atoms with van der Waals surface area (Å²) in [6.07, 6.45) is 4.95. The smallest absolute Gasteiger partial charge is 0.255 e. The van der Waals surface area contributed by atoms with Gasteiger partial charge in [-0.2, -0.15) is 0 Å². The van der Waals surface area contributed by atoms with Crippen LogP contribution in [-0.4, -0.2) is 25.0 Å². The molecule has 25 heavy (non-hydrogen) atoms. The second kappa shape index (κ2) is 7.42. The molecular formula is C19H22N2O4. The predicted octanol–water partition coefficient (Wildman–Crippen LogP) is 2.67. The summed E-state index contributed by atoms with van der Waals surface area (Å²) < 4.78 is 10.1. The van der Waals surface area contributed by atoms with Crippen molar-refractivity contribution in [3.05, 3.63) is 54.0 Å². The summed E-state index contributed by atoms with van der Waals surface area (Å²) >= 11 is 0. The topological polar surface area (TPSA) is 80.6 Å². The lowest BCUT2D eigenvalue weighted by molar-refractivity contribution is -0.123. The molecule has 2 aromatic rings. The van der Waals surface area contributed by atoms with E-state index in [9.17, 15) is 9.59 Å². The third kappa shape index (κ3) is 4.21. The number of nitrogens with one attached hydrogen (secondary N) is 2. The minimum atomic E-state index is -0.637. The van der Waals surface area contributed by atoms with E-state index in [2.05, 4.69) is 10.6 Å². The van der Waals surface area contributed by atoms with Gasteiger partial charge in [0.1, 0.15) is 18.1 Å². The number of rotatable bonds is 7. The average Bonchev–Trinajstić information content (AvgIpc) is 3.31. The average molecular weight is 342 g/mol. The summed E-state index contributed by atoms with van der Waals surface area (Å²) in [5.74, 6) is 0.688. The van der Waals surface area contributed by atoms with Gasteiger partial charge in [-0.1, -0.05) is 12.1 Å². The van der Waals surface area contributed by atoms with Gasteiger partial charge in [0.05, 0.1) is 25.0 Å². The Morgan fingerprint density at radius 2 is 1.88 bits per heavy atom. The van der Waals surface area contributed by atoms with Crippen molar-refractivity contribution < 1.29 is 18.7 Å². The van der Waals surface area contributed by atoms with E-state index >= 15 is 0 Å². The number of amides is 2. The van der Waals surface area contributed by atoms with E-state index in [4.69, 9.17) is 9.15 Å². The molecule has 3 rings (SSSR count). The summed E-state index contributed by atoms with van der Waals surface area (Å²) in [5.41, 5.74) is 1.44. The van der Waals surface area contributed by atoms with Gasteiger partial charge in [-0.3, -0.25) is 9.59 Å². The fourth-order valence-corrected chi connectivity index (χ4v) is 2.73. The maximum absolute atomic E-state index is 12.5. The summed E-state index contributed by atoms with van der Waals surface area (Å²) in [4.78, 5) is 24.5. The minimum Gasteiger partial charge on any atom is -0.497 e. The Labute approximate surface area is 146 Å². The van der Waals surface area contributed by atoms with E-state index in [0.29, 0.717) is 11.5 Å². The molecule has 1 heterocycles. The monoisotopic (exact) mass is 342 g/mol. The van der Waals surface area contributed by atoms with Crippen molar-refractivity contribution in [2.24, 2.45) is 5.92 Å². The SMILES string of the molecule is COc1ccc([C@@H](NC(=O)[C@@H](C)NC(=O)c2ccoc2)C2CC2)cc1. The summed E-state index contributed by atoms with van der Waals surface area (Å²) in [6, 6.07) is 8.59. The highest BCUT2D eigenvalue weighted by Gasteiger charge is 2.34. The van der Waals surface area contributed by atoms with Crippen LogP contribution in [0.3, 0.4) is 0 Å². The van der Waals surface area contributed by atoms with Crippen LogP contribution in [0.25, 0.3) is 0 Å². The molecule has 0 aliphatic heterocycles. The number of methoxy groups -OCH3 is 1. The molecule has 0 radical (unpaired) electrons. The van der Waals surface area contributed by atoms with E-state index in [0.717, 1.165) is 24.2 Å². The van der Waals surface area contributed by atoms with Gasteiger partial charge in [-0.25, -0.2) is 0 Å². The number of ether oxygens (including phenoxy) is 1. The Bertz CT molecular complexity index is 720. The zero-order valence-electron chi connectivity index (χ0n) is 14.3. The van der Waals surface area contributed by atoms with Gasteiger partial charge >= 0.3 is 0 Å². The lowest BCUT2D eigenvalue weighted by Crippen LogP contribution is -2.46. The third-order valence-electron chi connectivity index (χ3n) is 4.39. The molecule has 2 amide bonds. The first-order valence-electron chi connectivity index (χ1n) is 8.36. The first-order valence-corrected chi connectivity index (χ1v) is 8.36. The Balaban J connectivity index is 1.63. The zero-order chi connectivity index (χ0) is 17.8. The molecule has 0 saturated heterocycles. The molecule has 6 heteroatoms. The van der Waals surface area contributed by atoms with Crippen LogP contribution in [0.15, 0.2) is 47.3 Å². The molecule has 0 unspecified atom stereocenters. The van der Waals surface area contributed by atoms with Crippen molar-refractivity contribution in [3.8, 4) is 5.75 Å². The van der Waals surface area contributed by atoms with Crippen molar-refractivity contribution in [1.29, 1.82) is 0 Å². The lowest BCUT2D eigenvalue weighted by atomic mass is 10.0. The molecule has 1 aliphatic rings. The van der Waals surface area contributed by atoms with Crippen molar-refractivity contribution in [3.63, 3.8) is 0 Å². The number of carbonyl (C=O) groups excluding carboxylic acids is 2. The van der Waals surface area contributed by atoms with Crippen LogP contribution in [0.4, 0.5) is 0 Å². The number of hydrogen-bond donors (Lipinski definition) is 2. The highest BCUT2D eigenvalue weighted by atomic mass is 16.5. The van der Waals surface area contributed by atoms with Crippen LogP contribution in [-0.2, 0) is 4.79 Å². The van der Waals surface area contributed by atoms with Crippen molar-refractivity contribution in [2.75, 3.05) is 7.11 Å². The molecule has 1 fully saturated rings. The molecule has 1 aromatic heterocycles. The molecule has 0 bridgehead atoms. The van der Waals surface area contributed by atoms with Gasteiger partial charge in [-0.15, -0.1) is 0 Å². The minimum absolute atomic E-state index is 0.0494. The first-order chi connectivity index (χ1) is 12.1. The van der Waals surface area contributed by atoms with Crippen LogP contribution in [0.1, 0.15) is 41.7 Å². The highest BCUT2D eigenvalue weighted by molar-refractivity contribution is 5.97. The Morgan fingerprint density at radius 1 is 1.16 bits per heavy atom. The second-order valence-corrected chi connectivity index (χ2v) is 6.30. The summed E-state index contributed by atoms with van der Waals surface area (Å²) in [7, 11) is 1.62. The normalized spacial score (nSPS) is 15.9. The molecular weight excluding hydrogens is 320 g/mol. The number of carbonyl (C=O) groups is 2. The molecule has 1 aliphatic carbocycles. The van der Waals surface area contributed by atoms with E-state index in [-0.39, 0.29) is 17.9 Å². The molecule has 0 spiro atoms. The lowest BCUT2D eigenvalue weighted by Gasteiger charge is -2.22. The Hall–Kier alpha value is -2.76. The van der Waals surface area contributed by atoms with Gasteiger partial charge < -0.3 is 19.8 Å². The zero-order valence-corrected chi connectivity index (χ0v) is 14.3. The number of furan rings is 1. The van der Waals surface area contributed by atoms with Crippen LogP contribution < -0.4 is 15.4 Å². The van der Waals surface area contributed by atoms with Crippen molar-refractivity contribution >= 4 is 11.8 Å². The fraction of sp³-hybridized carbons (Fsp3) is 0.368. The van der Waals surface area contributed by atoms with Crippen LogP contribution in [0.2, 0.25) is 0 Å². The second-order valence-electron chi connectivity index (χ2n) is 6.30. The van der Waals surface area contributed by atoms with Gasteiger partial charge in [-0.05, 0) is 49.4 Å². The van der Waals surface area contributed by atoms with Gasteiger partial charge in [0.2, 0.25) is 5.91 Å². The predicted molar refractivity (Wildman–Crippen MR) is 92.2 cm³/mol. The van der Waals surface area contributed by atoms with E-state index in [1.807, 2.05) is 24.3 Å². The number of hydrogen-bond acceptors (Lipinski definition) is 4. The Kier molecular flexibility index (Phi) is 5.07. The summed E-state index contributed by atoms with van der Waals surface area (Å²) in [5, 5.41) is 5.75. The van der Waals surface area contributed by atoms with Crippen LogP contribution >= 0.6 is 0 Å². The molecule has 6 nitrogen and oxygen atoms in total. The third-order valence-corrected chi connectivity index (χ3v) is 4.39. The Morgan fingerprint density at radius 3 is 2.44 bits per heavy atom. The first kappa shape index (κ1) is 17.1. The molecule has 132 valence electrons. The standard InChI is InChI=1S/C19H22N2O4/c1-12(20-19(23)15-9-10-25-11-15)18(22)21-17(13-3-4-13)14-5-7-16(24-2)8-6-14/h5-13,17H,3-4H2,1-2H3,(H,20,23)(H,21,22)/t12-,17+/m1/s1. The molecule has 1 saturated carbocycles. The van der Waals surface area contributed by atoms with Crippen LogP contribution in [0.5, 0.6) is 5.75 Å². The number of benzene rings is 1. The van der Waals surface area contributed by atoms with E-state index < -0.39 is 6.04 Å². The van der Waals surface area contributed by atoms with E-state index in [1.54, 1.807) is 20.1 Å². The largest absolute Gasteiger partial charge is 0.497 e. The fourth-order valence-electron chi connectivity index (χ4n) is 2.73. The van der Waals surface area contributed by atoms with Crippen molar-refractivity contribution in [1.82, 2.24) is 10.6 Å². The molecule has 2 atom stereocenters. The van der Waals surface area contributed by atoms with Gasteiger partial charge in [0, 0.05) is 0 Å². The van der Waals surface area contributed by atoms with Gasteiger partial charge in [0.25, 0.3) is 5.91 Å². The molecule has 2 N–H and O–H groups in total. The van der Waals surface area contributed by atoms with E-state index in [1.165, 1.54) is 12.5 Å². The highest BCUT2D eigenvalue weighted by Crippen LogP contribution is 2.41. The maximum atomic E-state index is 12.5. The van der Waals surface area contributed by atoms with Gasteiger partial charge in [0.15, 0.2) is 0 Å².